The molecule has 0 radical (unpaired) electrons. The number of aromatic nitrogens is 2. The summed E-state index contributed by atoms with van der Waals surface area (Å²) in [6.07, 6.45) is 3.26. The molecule has 13 heteroatoms. The predicted octanol–water partition coefficient (Wildman–Crippen LogP) is 2.42. The van der Waals surface area contributed by atoms with Gasteiger partial charge in [0.15, 0.2) is 6.10 Å². The minimum absolute atomic E-state index is 0.0929. The SMILES string of the molecule is NC(=O)N1CCN(c2ccc(-c3ccc(N4C[C@H](COc5ccon5)OC4=O)cc3F)cn2)C=N1. The molecule has 2 aromatic heterocycles. The highest BCUT2D eigenvalue weighted by Gasteiger charge is 2.33. The van der Waals surface area contributed by atoms with Gasteiger partial charge in [0.1, 0.15) is 30.8 Å². The predicted molar refractivity (Wildman–Crippen MR) is 121 cm³/mol. The molecule has 180 valence electrons. The molecule has 2 aliphatic rings. The fourth-order valence-corrected chi connectivity index (χ4v) is 3.68. The molecule has 0 unspecified atom stereocenters. The number of cyclic esters (lactones) is 1. The summed E-state index contributed by atoms with van der Waals surface area (Å²) < 4.78 is 30.4. The quantitative estimate of drug-likeness (QED) is 0.566. The fourth-order valence-electron chi connectivity index (χ4n) is 3.68. The average Bonchev–Trinajstić information content (AvgIpc) is 3.52. The van der Waals surface area contributed by atoms with Gasteiger partial charge in [-0.05, 0) is 35.5 Å². The van der Waals surface area contributed by atoms with E-state index in [2.05, 4.69) is 19.8 Å². The Hall–Kier alpha value is -4.68. The second-order valence-electron chi connectivity index (χ2n) is 7.72. The number of urea groups is 1. The van der Waals surface area contributed by atoms with Crippen molar-refractivity contribution >= 4 is 30.0 Å². The molecule has 12 nitrogen and oxygen atoms in total. The monoisotopic (exact) mass is 481 g/mol. The van der Waals surface area contributed by atoms with Crippen molar-refractivity contribution in [2.24, 2.45) is 10.8 Å². The highest BCUT2D eigenvalue weighted by atomic mass is 19.1. The van der Waals surface area contributed by atoms with Gasteiger partial charge < -0.3 is 24.6 Å². The van der Waals surface area contributed by atoms with E-state index in [9.17, 15) is 14.0 Å². The highest BCUT2D eigenvalue weighted by molar-refractivity contribution is 5.90. The summed E-state index contributed by atoms with van der Waals surface area (Å²) in [5, 5.41) is 8.75. The number of anilines is 2. The fraction of sp³-hybridized carbons (Fsp3) is 0.227. The molecule has 3 amide bonds. The number of carbonyl (C=O) groups is 2. The third kappa shape index (κ3) is 4.69. The van der Waals surface area contributed by atoms with Gasteiger partial charge in [0.25, 0.3) is 5.88 Å². The maximum absolute atomic E-state index is 15.0. The molecule has 1 aromatic carbocycles. The first-order valence-electron chi connectivity index (χ1n) is 10.6. The number of pyridine rings is 1. The number of amides is 3. The van der Waals surface area contributed by atoms with Gasteiger partial charge in [-0.1, -0.05) is 0 Å². The summed E-state index contributed by atoms with van der Waals surface area (Å²) in [6.45, 7) is 1.10. The molecule has 0 spiro atoms. The van der Waals surface area contributed by atoms with Gasteiger partial charge in [-0.3, -0.25) is 4.90 Å². The Bertz CT molecular complexity index is 1250. The van der Waals surface area contributed by atoms with Gasteiger partial charge in [0, 0.05) is 29.9 Å². The first kappa shape index (κ1) is 22.1. The average molecular weight is 481 g/mol. The van der Waals surface area contributed by atoms with E-state index < -0.39 is 24.0 Å². The van der Waals surface area contributed by atoms with Gasteiger partial charge in [-0.15, -0.1) is 0 Å². The summed E-state index contributed by atoms with van der Waals surface area (Å²) in [5.41, 5.74) is 6.47. The molecular weight excluding hydrogens is 461 g/mol. The van der Waals surface area contributed by atoms with E-state index in [1.54, 1.807) is 41.4 Å². The Labute approximate surface area is 198 Å². The normalized spacial score (nSPS) is 17.6. The Morgan fingerprint density at radius 3 is 2.77 bits per heavy atom. The zero-order valence-corrected chi connectivity index (χ0v) is 18.3. The second kappa shape index (κ2) is 9.29. The van der Waals surface area contributed by atoms with Crippen LogP contribution in [0.4, 0.5) is 25.5 Å². The van der Waals surface area contributed by atoms with E-state index >= 15 is 0 Å². The molecule has 1 fully saturated rings. The number of hydrazone groups is 1. The molecule has 4 heterocycles. The first-order chi connectivity index (χ1) is 17.0. The number of primary amides is 1. The lowest BCUT2D eigenvalue weighted by Crippen LogP contribution is -2.43. The molecule has 1 saturated heterocycles. The number of hydrogen-bond acceptors (Lipinski definition) is 9. The van der Waals surface area contributed by atoms with Crippen molar-refractivity contribution in [3.63, 3.8) is 0 Å². The summed E-state index contributed by atoms with van der Waals surface area (Å²) in [4.78, 5) is 30.9. The molecular formula is C22H20FN7O5. The number of rotatable bonds is 6. The van der Waals surface area contributed by atoms with Gasteiger partial charge >= 0.3 is 12.1 Å². The number of ether oxygens (including phenoxy) is 2. The van der Waals surface area contributed by atoms with Crippen LogP contribution in [-0.4, -0.2) is 66.0 Å². The van der Waals surface area contributed by atoms with Crippen LogP contribution in [0.15, 0.2) is 58.5 Å². The van der Waals surface area contributed by atoms with Crippen LogP contribution in [0.25, 0.3) is 11.1 Å². The van der Waals surface area contributed by atoms with E-state index in [0.29, 0.717) is 35.7 Å². The summed E-state index contributed by atoms with van der Waals surface area (Å²) in [6, 6.07) is 8.89. The second-order valence-corrected chi connectivity index (χ2v) is 7.72. The van der Waals surface area contributed by atoms with Crippen LogP contribution in [-0.2, 0) is 4.74 Å². The Kier molecular flexibility index (Phi) is 5.87. The largest absolute Gasteiger partial charge is 0.471 e. The van der Waals surface area contributed by atoms with Crippen LogP contribution in [0, 0.1) is 5.82 Å². The number of nitrogens with zero attached hydrogens (tertiary/aromatic N) is 6. The molecule has 0 bridgehead atoms. The highest BCUT2D eigenvalue weighted by Crippen LogP contribution is 2.29. The number of halogens is 1. The lowest BCUT2D eigenvalue weighted by Gasteiger charge is -2.26. The third-order valence-electron chi connectivity index (χ3n) is 5.46. The smallest absolute Gasteiger partial charge is 0.414 e. The minimum atomic E-state index is -0.624. The molecule has 0 saturated carbocycles. The molecule has 5 rings (SSSR count). The lowest BCUT2D eigenvalue weighted by atomic mass is 10.1. The van der Waals surface area contributed by atoms with Crippen molar-refractivity contribution in [3.05, 3.63) is 54.7 Å². The van der Waals surface area contributed by atoms with Gasteiger partial charge in [-0.25, -0.2) is 24.0 Å². The summed E-state index contributed by atoms with van der Waals surface area (Å²) in [5.74, 6) is 0.371. The summed E-state index contributed by atoms with van der Waals surface area (Å²) >= 11 is 0. The van der Waals surface area contributed by atoms with E-state index in [4.69, 9.17) is 15.2 Å². The van der Waals surface area contributed by atoms with Gasteiger partial charge in [0.2, 0.25) is 0 Å². The minimum Gasteiger partial charge on any atom is -0.471 e. The number of nitrogens with two attached hydrogens (primary N) is 1. The molecule has 35 heavy (non-hydrogen) atoms. The number of hydrogen-bond donors (Lipinski definition) is 1. The van der Waals surface area contributed by atoms with E-state index in [-0.39, 0.29) is 19.0 Å². The van der Waals surface area contributed by atoms with Crippen molar-refractivity contribution in [1.29, 1.82) is 0 Å². The van der Waals surface area contributed by atoms with Crippen LogP contribution in [0.5, 0.6) is 5.88 Å². The maximum atomic E-state index is 15.0. The van der Waals surface area contributed by atoms with Crippen LogP contribution < -0.4 is 20.3 Å². The van der Waals surface area contributed by atoms with E-state index in [1.165, 1.54) is 23.6 Å². The van der Waals surface area contributed by atoms with E-state index in [1.807, 2.05) is 0 Å². The van der Waals surface area contributed by atoms with Crippen LogP contribution in [0.3, 0.4) is 0 Å². The Morgan fingerprint density at radius 2 is 2.11 bits per heavy atom. The Morgan fingerprint density at radius 1 is 1.23 bits per heavy atom. The first-order valence-corrected chi connectivity index (χ1v) is 10.6. The van der Waals surface area contributed by atoms with Crippen LogP contribution in [0.2, 0.25) is 0 Å². The zero-order valence-electron chi connectivity index (χ0n) is 18.3. The zero-order chi connectivity index (χ0) is 24.4. The van der Waals surface area contributed by atoms with Gasteiger partial charge in [-0.2, -0.15) is 5.10 Å². The van der Waals surface area contributed by atoms with Crippen molar-refractivity contribution in [2.45, 2.75) is 6.10 Å². The van der Waals surface area contributed by atoms with Crippen LogP contribution >= 0.6 is 0 Å². The topological polar surface area (TPSA) is 140 Å². The van der Waals surface area contributed by atoms with Crippen molar-refractivity contribution in [2.75, 3.05) is 36.0 Å². The summed E-state index contributed by atoms with van der Waals surface area (Å²) in [7, 11) is 0. The molecule has 2 N–H and O–H groups in total. The standard InChI is InChI=1S/C22H20FN7O5/c23-18-9-15(29-11-16(35-22(29)32)12-33-20-5-8-34-27-20)2-3-17(18)14-1-4-19(25-10-14)28-6-7-30(21(24)31)26-13-28/h1-5,8-10,13,16H,6-7,11-12H2,(H2,24,31)/t16-/m1/s1. The lowest BCUT2D eigenvalue weighted by molar-refractivity contribution is 0.102. The number of benzene rings is 1. The van der Waals surface area contributed by atoms with Crippen LogP contribution in [0.1, 0.15) is 0 Å². The number of carbonyl (C=O) groups excluding carboxylic acids is 2. The van der Waals surface area contributed by atoms with Crippen molar-refractivity contribution in [1.82, 2.24) is 15.1 Å². The third-order valence-corrected chi connectivity index (χ3v) is 5.46. The Balaban J connectivity index is 1.25. The molecule has 1 atom stereocenters. The maximum Gasteiger partial charge on any atom is 0.414 e. The molecule has 0 aliphatic carbocycles. The van der Waals surface area contributed by atoms with E-state index in [0.717, 1.165) is 5.01 Å². The van der Waals surface area contributed by atoms with Gasteiger partial charge in [0.05, 0.1) is 18.8 Å². The van der Waals surface area contributed by atoms with Crippen molar-refractivity contribution in [3.8, 4) is 17.0 Å². The molecule has 2 aliphatic heterocycles. The molecule has 3 aromatic rings. The van der Waals surface area contributed by atoms with Crippen molar-refractivity contribution < 1.29 is 28.0 Å².